The highest BCUT2D eigenvalue weighted by molar-refractivity contribution is 6.08. The van der Waals surface area contributed by atoms with Crippen molar-refractivity contribution in [2.45, 2.75) is 31.2 Å². The number of azo groups is 1. The molecule has 2 aliphatic rings. The average molecular weight is 392 g/mol. The Labute approximate surface area is 169 Å². The normalized spacial score (nSPS) is 23.0. The molecule has 0 bridgehead atoms. The lowest BCUT2D eigenvalue weighted by Gasteiger charge is -2.32. The summed E-state index contributed by atoms with van der Waals surface area (Å²) in [5.41, 5.74) is -1.20. The van der Waals surface area contributed by atoms with Crippen LogP contribution in [0.1, 0.15) is 31.4 Å². The van der Waals surface area contributed by atoms with E-state index >= 15 is 0 Å². The molecule has 2 aromatic carbocycles. The van der Waals surface area contributed by atoms with Gasteiger partial charge in [-0.2, -0.15) is 10.2 Å². The zero-order valence-electron chi connectivity index (χ0n) is 16.6. The summed E-state index contributed by atoms with van der Waals surface area (Å²) in [6.07, 6.45) is 0.554. The molecule has 0 radical (unpaired) electrons. The monoisotopic (exact) mass is 392 g/mol. The van der Waals surface area contributed by atoms with E-state index in [1.807, 2.05) is 60.7 Å². The standard InChI is InChI=1S/C23H24N2O4/c1-3-28-19(26)23(20(27)29-4-2)21(16-24-25-23)15-22(21,17-11-7-5-8-12-17)18-13-9-6-10-14-18/h5-14H,3-4,15-16H2,1-2H3. The van der Waals surface area contributed by atoms with Gasteiger partial charge in [-0.1, -0.05) is 60.7 Å². The molecule has 1 fully saturated rings. The van der Waals surface area contributed by atoms with Crippen LogP contribution in [0.25, 0.3) is 0 Å². The molecule has 2 aromatic rings. The van der Waals surface area contributed by atoms with Crippen molar-refractivity contribution in [1.29, 1.82) is 0 Å². The Hall–Kier alpha value is -3.02. The molecule has 4 rings (SSSR count). The van der Waals surface area contributed by atoms with Crippen molar-refractivity contribution in [2.75, 3.05) is 19.8 Å². The molecule has 1 saturated carbocycles. The van der Waals surface area contributed by atoms with E-state index in [-0.39, 0.29) is 19.8 Å². The SMILES string of the molecule is CCOC(=O)C1(C(=O)OCC)N=NCC12CC2(c1ccccc1)c1ccccc1. The number of carbonyl (C=O) groups is 2. The van der Waals surface area contributed by atoms with Crippen molar-refractivity contribution >= 4 is 11.9 Å². The minimum atomic E-state index is -1.80. The van der Waals surface area contributed by atoms with Gasteiger partial charge in [0.15, 0.2) is 0 Å². The quantitative estimate of drug-likeness (QED) is 0.555. The van der Waals surface area contributed by atoms with E-state index in [0.29, 0.717) is 6.42 Å². The summed E-state index contributed by atoms with van der Waals surface area (Å²) < 4.78 is 10.7. The van der Waals surface area contributed by atoms with Gasteiger partial charge in [0, 0.05) is 5.41 Å². The van der Waals surface area contributed by atoms with Crippen LogP contribution in [-0.4, -0.2) is 37.2 Å². The lowest BCUT2D eigenvalue weighted by Crippen LogP contribution is -2.55. The second-order valence-corrected chi connectivity index (χ2v) is 7.45. The van der Waals surface area contributed by atoms with Crippen molar-refractivity contribution < 1.29 is 19.1 Å². The van der Waals surface area contributed by atoms with Gasteiger partial charge >= 0.3 is 11.9 Å². The van der Waals surface area contributed by atoms with Crippen molar-refractivity contribution in [1.82, 2.24) is 0 Å². The molecule has 6 nitrogen and oxygen atoms in total. The zero-order valence-corrected chi connectivity index (χ0v) is 16.6. The molecule has 29 heavy (non-hydrogen) atoms. The fraction of sp³-hybridized carbons (Fsp3) is 0.391. The van der Waals surface area contributed by atoms with E-state index in [9.17, 15) is 9.59 Å². The van der Waals surface area contributed by atoms with Gasteiger partial charge in [-0.15, -0.1) is 0 Å². The van der Waals surface area contributed by atoms with Crippen LogP contribution >= 0.6 is 0 Å². The summed E-state index contributed by atoms with van der Waals surface area (Å²) in [6, 6.07) is 19.9. The highest BCUT2D eigenvalue weighted by Crippen LogP contribution is 2.75. The summed E-state index contributed by atoms with van der Waals surface area (Å²) in [6.45, 7) is 3.98. The minimum Gasteiger partial charge on any atom is -0.464 e. The Kier molecular flexibility index (Phi) is 4.73. The third-order valence-corrected chi connectivity index (χ3v) is 6.19. The third-order valence-electron chi connectivity index (χ3n) is 6.19. The van der Waals surface area contributed by atoms with Crippen LogP contribution in [0.5, 0.6) is 0 Å². The van der Waals surface area contributed by atoms with E-state index in [1.165, 1.54) is 0 Å². The Morgan fingerprint density at radius 1 is 0.862 bits per heavy atom. The zero-order chi connectivity index (χ0) is 20.5. The Morgan fingerprint density at radius 3 is 1.79 bits per heavy atom. The predicted molar refractivity (Wildman–Crippen MR) is 106 cm³/mol. The average Bonchev–Trinajstić information content (AvgIpc) is 3.28. The van der Waals surface area contributed by atoms with Crippen LogP contribution in [0.15, 0.2) is 70.9 Å². The van der Waals surface area contributed by atoms with Gasteiger partial charge in [0.2, 0.25) is 0 Å². The lowest BCUT2D eigenvalue weighted by atomic mass is 9.71. The first kappa shape index (κ1) is 19.3. The first-order valence-corrected chi connectivity index (χ1v) is 9.93. The highest BCUT2D eigenvalue weighted by Gasteiger charge is 2.85. The number of carbonyl (C=O) groups excluding carboxylic acids is 2. The Bertz CT molecular complexity index is 884. The maximum Gasteiger partial charge on any atom is 0.348 e. The van der Waals surface area contributed by atoms with E-state index in [4.69, 9.17) is 9.47 Å². The number of rotatable bonds is 6. The van der Waals surface area contributed by atoms with Crippen molar-refractivity contribution in [3.8, 4) is 0 Å². The number of hydrogen-bond acceptors (Lipinski definition) is 6. The fourth-order valence-electron chi connectivity index (χ4n) is 4.90. The minimum absolute atomic E-state index is 0.148. The maximum absolute atomic E-state index is 13.2. The number of benzene rings is 2. The summed E-state index contributed by atoms with van der Waals surface area (Å²) in [5.74, 6) is -1.37. The summed E-state index contributed by atoms with van der Waals surface area (Å²) in [5, 5.41) is 8.47. The van der Waals surface area contributed by atoms with Crippen LogP contribution in [-0.2, 0) is 24.5 Å². The van der Waals surface area contributed by atoms with Crippen LogP contribution in [0.4, 0.5) is 0 Å². The van der Waals surface area contributed by atoms with E-state index in [1.54, 1.807) is 13.8 Å². The van der Waals surface area contributed by atoms with Gasteiger partial charge in [0.25, 0.3) is 5.54 Å². The van der Waals surface area contributed by atoms with Crippen LogP contribution in [0.3, 0.4) is 0 Å². The highest BCUT2D eigenvalue weighted by atomic mass is 16.6. The second kappa shape index (κ2) is 7.10. The van der Waals surface area contributed by atoms with Gasteiger partial charge in [0.05, 0.1) is 25.2 Å². The van der Waals surface area contributed by atoms with Crippen LogP contribution in [0, 0.1) is 5.41 Å². The van der Waals surface area contributed by atoms with Gasteiger partial charge < -0.3 is 9.47 Å². The fourth-order valence-corrected chi connectivity index (χ4v) is 4.90. The topological polar surface area (TPSA) is 77.3 Å². The van der Waals surface area contributed by atoms with Gasteiger partial charge in [-0.3, -0.25) is 0 Å². The first-order chi connectivity index (χ1) is 14.1. The molecule has 1 spiro atoms. The lowest BCUT2D eigenvalue weighted by molar-refractivity contribution is -0.167. The second-order valence-electron chi connectivity index (χ2n) is 7.45. The molecule has 1 aliphatic carbocycles. The largest absolute Gasteiger partial charge is 0.464 e. The molecule has 0 saturated heterocycles. The van der Waals surface area contributed by atoms with Crippen molar-refractivity contribution in [3.05, 3.63) is 71.8 Å². The maximum atomic E-state index is 13.2. The molecule has 1 unspecified atom stereocenters. The summed E-state index contributed by atoms with van der Waals surface area (Å²) in [7, 11) is 0. The molecule has 6 heteroatoms. The predicted octanol–water partition coefficient (Wildman–Crippen LogP) is 3.69. The van der Waals surface area contributed by atoms with Gasteiger partial charge in [-0.05, 0) is 31.4 Å². The molecule has 1 atom stereocenters. The molecule has 0 N–H and O–H groups in total. The van der Waals surface area contributed by atoms with E-state index < -0.39 is 28.3 Å². The number of esters is 2. The van der Waals surface area contributed by atoms with E-state index in [0.717, 1.165) is 11.1 Å². The molecular weight excluding hydrogens is 368 g/mol. The summed E-state index contributed by atoms with van der Waals surface area (Å²) >= 11 is 0. The van der Waals surface area contributed by atoms with Crippen molar-refractivity contribution in [3.63, 3.8) is 0 Å². The van der Waals surface area contributed by atoms with E-state index in [2.05, 4.69) is 10.2 Å². The van der Waals surface area contributed by atoms with Crippen LogP contribution < -0.4 is 0 Å². The molecule has 1 aliphatic heterocycles. The summed E-state index contributed by atoms with van der Waals surface area (Å²) in [4.78, 5) is 26.4. The Balaban J connectivity index is 1.93. The first-order valence-electron chi connectivity index (χ1n) is 9.93. The number of hydrogen-bond donors (Lipinski definition) is 0. The molecule has 0 aromatic heterocycles. The van der Waals surface area contributed by atoms with Gasteiger partial charge in [-0.25, -0.2) is 9.59 Å². The third kappa shape index (κ3) is 2.48. The molecule has 150 valence electrons. The number of ether oxygens (including phenoxy) is 2. The Morgan fingerprint density at radius 2 is 1.34 bits per heavy atom. The molecule has 0 amide bonds. The molecule has 1 heterocycles. The smallest absolute Gasteiger partial charge is 0.348 e. The molecular formula is C23H24N2O4. The number of nitrogens with zero attached hydrogens (tertiary/aromatic N) is 2. The van der Waals surface area contributed by atoms with Gasteiger partial charge in [0.1, 0.15) is 0 Å². The van der Waals surface area contributed by atoms with Crippen LogP contribution in [0.2, 0.25) is 0 Å². The van der Waals surface area contributed by atoms with Crippen molar-refractivity contribution in [2.24, 2.45) is 15.6 Å².